The van der Waals surface area contributed by atoms with Gasteiger partial charge in [-0.25, -0.2) is 0 Å². The largest absolute Gasteiger partial charge is 0.462 e. The van der Waals surface area contributed by atoms with Crippen LogP contribution in [0.2, 0.25) is 0 Å². The second-order valence-corrected chi connectivity index (χ2v) is 11.9. The second kappa shape index (κ2) is 12.2. The summed E-state index contributed by atoms with van der Waals surface area (Å²) in [6.07, 6.45) is 7.88. The molecule has 41 heavy (non-hydrogen) atoms. The number of anilines is 1. The number of aromatic nitrogens is 2. The highest BCUT2D eigenvalue weighted by molar-refractivity contribution is 5.87. The number of ether oxygens (including phenoxy) is 1. The fraction of sp³-hybridized carbons (Fsp3) is 0.562. The van der Waals surface area contributed by atoms with E-state index in [9.17, 15) is 10.1 Å². The van der Waals surface area contributed by atoms with Crippen LogP contribution in [0.1, 0.15) is 48.1 Å². The lowest BCUT2D eigenvalue weighted by Crippen LogP contribution is -2.55. The normalized spacial score (nSPS) is 24.8. The van der Waals surface area contributed by atoms with Crippen molar-refractivity contribution in [3.05, 3.63) is 59.3 Å². The zero-order chi connectivity index (χ0) is 28.3. The Bertz CT molecular complexity index is 1320. The molecule has 1 amide bonds. The van der Waals surface area contributed by atoms with Crippen molar-refractivity contribution < 1.29 is 9.53 Å². The van der Waals surface area contributed by atoms with Gasteiger partial charge in [0.1, 0.15) is 12.4 Å². The van der Waals surface area contributed by atoms with Crippen molar-refractivity contribution in [2.45, 2.75) is 69.6 Å². The van der Waals surface area contributed by atoms with Crippen LogP contribution in [0.3, 0.4) is 0 Å². The molecule has 1 aromatic carbocycles. The molecule has 0 saturated carbocycles. The predicted molar refractivity (Wildman–Crippen MR) is 158 cm³/mol. The summed E-state index contributed by atoms with van der Waals surface area (Å²) in [7, 11) is 2.15. The summed E-state index contributed by atoms with van der Waals surface area (Å²) in [6, 6.07) is 12.1. The molecule has 9 heteroatoms. The summed E-state index contributed by atoms with van der Waals surface area (Å²) < 4.78 is 6.30. The van der Waals surface area contributed by atoms with Gasteiger partial charge in [-0.1, -0.05) is 30.8 Å². The maximum Gasteiger partial charge on any atom is 0.318 e. The molecule has 4 aliphatic rings. The summed E-state index contributed by atoms with van der Waals surface area (Å²) >= 11 is 0. The smallest absolute Gasteiger partial charge is 0.318 e. The highest BCUT2D eigenvalue weighted by Crippen LogP contribution is 2.34. The molecule has 0 N–H and O–H groups in total. The van der Waals surface area contributed by atoms with E-state index in [-0.39, 0.29) is 18.4 Å². The monoisotopic (exact) mass is 555 g/mol. The molecular weight excluding hydrogens is 514 g/mol. The molecule has 0 radical (unpaired) electrons. The van der Waals surface area contributed by atoms with Crippen molar-refractivity contribution in [3.63, 3.8) is 0 Å². The molecule has 3 aliphatic heterocycles. The Morgan fingerprint density at radius 3 is 2.76 bits per heavy atom. The Morgan fingerprint density at radius 2 is 1.98 bits per heavy atom. The molecule has 216 valence electrons. The Morgan fingerprint density at radius 1 is 1.12 bits per heavy atom. The fourth-order valence-electron chi connectivity index (χ4n) is 7.12. The van der Waals surface area contributed by atoms with E-state index in [4.69, 9.17) is 14.7 Å². The molecule has 0 spiro atoms. The molecular formula is C32H41N7O2. The number of hydrogen-bond donors (Lipinski definition) is 0. The summed E-state index contributed by atoms with van der Waals surface area (Å²) in [6.45, 7) is 9.15. The van der Waals surface area contributed by atoms with E-state index in [1.807, 2.05) is 0 Å². The van der Waals surface area contributed by atoms with Crippen LogP contribution in [0.15, 0.2) is 36.9 Å². The number of fused-ring (bicyclic) bond motifs is 2. The molecule has 9 nitrogen and oxygen atoms in total. The van der Waals surface area contributed by atoms with Gasteiger partial charge in [-0.15, -0.1) is 0 Å². The molecule has 1 aromatic heterocycles. The number of likely N-dealkylation sites (tertiary alicyclic amines) is 1. The number of benzene rings is 1. The molecule has 2 unspecified atom stereocenters. The Labute approximate surface area is 243 Å². The van der Waals surface area contributed by atoms with Crippen molar-refractivity contribution in [1.82, 2.24) is 24.7 Å². The van der Waals surface area contributed by atoms with E-state index in [0.717, 1.165) is 63.3 Å². The van der Waals surface area contributed by atoms with Crippen LogP contribution in [0, 0.1) is 11.3 Å². The van der Waals surface area contributed by atoms with Crippen molar-refractivity contribution in [3.8, 4) is 12.1 Å². The number of carbonyl (C=O) groups excluding carboxylic acids is 1. The van der Waals surface area contributed by atoms with Crippen LogP contribution >= 0.6 is 0 Å². The third kappa shape index (κ3) is 5.81. The van der Waals surface area contributed by atoms with Crippen LogP contribution < -0.4 is 9.64 Å². The summed E-state index contributed by atoms with van der Waals surface area (Å²) in [5.41, 5.74) is 5.19. The fourth-order valence-corrected chi connectivity index (χ4v) is 7.12. The second-order valence-electron chi connectivity index (χ2n) is 11.9. The molecule has 6 rings (SSSR count). The zero-order valence-corrected chi connectivity index (χ0v) is 24.2. The zero-order valence-electron chi connectivity index (χ0n) is 24.2. The van der Waals surface area contributed by atoms with Gasteiger partial charge in [0.05, 0.1) is 24.2 Å². The molecule has 2 fully saturated rings. The van der Waals surface area contributed by atoms with Gasteiger partial charge >= 0.3 is 6.01 Å². The molecule has 3 atom stereocenters. The van der Waals surface area contributed by atoms with Crippen molar-refractivity contribution in [1.29, 1.82) is 5.26 Å². The molecule has 2 saturated heterocycles. The third-order valence-corrected chi connectivity index (χ3v) is 9.53. The minimum absolute atomic E-state index is 0.120. The summed E-state index contributed by atoms with van der Waals surface area (Å²) in [4.78, 5) is 31.5. The number of likely N-dealkylation sites (N-methyl/N-ethyl adjacent to an activating group) is 1. The minimum Gasteiger partial charge on any atom is -0.462 e. The van der Waals surface area contributed by atoms with Crippen LogP contribution in [0.4, 0.5) is 5.82 Å². The highest BCUT2D eigenvalue weighted by Gasteiger charge is 2.35. The number of rotatable bonds is 7. The SMILES string of the molecule is C=CC(=O)N1CCN(c2nc(OCC3CCCN3C)nc3c2CCC(N2CCc4ccccc4C2)C3)C[C@@H]1CC#N. The average molecular weight is 556 g/mol. The van der Waals surface area contributed by atoms with Gasteiger partial charge in [0.2, 0.25) is 5.91 Å². The van der Waals surface area contributed by atoms with E-state index in [1.165, 1.54) is 29.2 Å². The first kappa shape index (κ1) is 27.7. The lowest BCUT2D eigenvalue weighted by Gasteiger charge is -2.42. The maximum absolute atomic E-state index is 12.5. The van der Waals surface area contributed by atoms with Crippen molar-refractivity contribution >= 4 is 11.7 Å². The van der Waals surface area contributed by atoms with Gasteiger partial charge in [-0.05, 0) is 62.9 Å². The van der Waals surface area contributed by atoms with Crippen LogP contribution in [0.25, 0.3) is 0 Å². The van der Waals surface area contributed by atoms with Gasteiger partial charge < -0.3 is 19.4 Å². The van der Waals surface area contributed by atoms with Gasteiger partial charge in [-0.2, -0.15) is 15.2 Å². The number of piperazine rings is 1. The van der Waals surface area contributed by atoms with Crippen LogP contribution in [-0.2, 0) is 30.6 Å². The first-order valence-corrected chi connectivity index (χ1v) is 15.1. The van der Waals surface area contributed by atoms with Crippen LogP contribution in [-0.4, -0.2) is 95.1 Å². The van der Waals surface area contributed by atoms with Gasteiger partial charge in [0.15, 0.2) is 0 Å². The van der Waals surface area contributed by atoms with Gasteiger partial charge in [0, 0.05) is 56.8 Å². The van der Waals surface area contributed by atoms with Crippen molar-refractivity contribution in [2.75, 3.05) is 51.3 Å². The molecule has 0 bridgehead atoms. The standard InChI is InChI=1S/C32H41N7O2/c1-3-30(40)39-18-17-38(21-26(39)12-14-33)31-28-11-10-25(37-16-13-23-7-4-5-8-24(23)20-37)19-29(28)34-32(35-31)41-22-27-9-6-15-36(27)2/h3-5,7-8,25-27H,1,6,9-13,15-22H2,2H3/t25?,26-,27?/m0/s1. The molecule has 2 aromatic rings. The topological polar surface area (TPSA) is 88.8 Å². The Hall–Kier alpha value is -3.48. The lowest BCUT2D eigenvalue weighted by atomic mass is 9.88. The lowest BCUT2D eigenvalue weighted by molar-refractivity contribution is -0.128. The van der Waals surface area contributed by atoms with E-state index in [2.05, 4.69) is 58.7 Å². The van der Waals surface area contributed by atoms with E-state index >= 15 is 0 Å². The van der Waals surface area contributed by atoms with Crippen LogP contribution in [0.5, 0.6) is 6.01 Å². The average Bonchev–Trinajstić information content (AvgIpc) is 3.43. The van der Waals surface area contributed by atoms with Gasteiger partial charge in [0.25, 0.3) is 0 Å². The summed E-state index contributed by atoms with van der Waals surface area (Å²) in [5, 5.41) is 9.51. The van der Waals surface area contributed by atoms with E-state index < -0.39 is 0 Å². The summed E-state index contributed by atoms with van der Waals surface area (Å²) in [5.74, 6) is 0.797. The van der Waals surface area contributed by atoms with Gasteiger partial charge in [-0.3, -0.25) is 9.69 Å². The number of carbonyl (C=O) groups is 1. The minimum atomic E-state index is -0.203. The molecule has 4 heterocycles. The van der Waals surface area contributed by atoms with Crippen molar-refractivity contribution in [2.24, 2.45) is 0 Å². The van der Waals surface area contributed by atoms with E-state index in [1.54, 1.807) is 4.90 Å². The quantitative estimate of drug-likeness (QED) is 0.482. The number of amides is 1. The third-order valence-electron chi connectivity index (χ3n) is 9.53. The number of nitriles is 1. The molecule has 1 aliphatic carbocycles. The Balaban J connectivity index is 1.26. The first-order valence-electron chi connectivity index (χ1n) is 15.1. The number of nitrogens with zero attached hydrogens (tertiary/aromatic N) is 7. The first-order chi connectivity index (χ1) is 20.0. The number of hydrogen-bond acceptors (Lipinski definition) is 8. The Kier molecular flexibility index (Phi) is 8.22. The maximum atomic E-state index is 12.5. The van der Waals surface area contributed by atoms with E-state index in [0.29, 0.717) is 44.3 Å². The highest BCUT2D eigenvalue weighted by atomic mass is 16.5. The predicted octanol–water partition coefficient (Wildman–Crippen LogP) is 2.98.